The molecule has 1 aliphatic heterocycles. The number of allylic oxidation sites excluding steroid dienone is 1. The molecule has 2 aromatic carbocycles. The first-order chi connectivity index (χ1) is 20.2. The Morgan fingerprint density at radius 2 is 1.90 bits per heavy atom. The Balaban J connectivity index is 1.55. The average molecular weight is 599 g/mol. The minimum Gasteiger partial charge on any atom is -0.497 e. The van der Waals surface area contributed by atoms with E-state index in [1.807, 2.05) is 24.3 Å². The third kappa shape index (κ3) is 6.90. The highest BCUT2D eigenvalue weighted by molar-refractivity contribution is 7.89. The number of ether oxygens (including phenoxy) is 4. The number of fused-ring (bicyclic) bond motifs is 1. The highest BCUT2D eigenvalue weighted by atomic mass is 32.2. The first kappa shape index (κ1) is 31.0. The summed E-state index contributed by atoms with van der Waals surface area (Å²) in [5.74, 6) is -0.786. The summed E-state index contributed by atoms with van der Waals surface area (Å²) in [6, 6.07) is 13.4. The molecule has 2 heterocycles. The van der Waals surface area contributed by atoms with Gasteiger partial charge >= 0.3 is 5.97 Å². The fourth-order valence-corrected chi connectivity index (χ4v) is 6.15. The molecular weight excluding hydrogens is 564 g/mol. The summed E-state index contributed by atoms with van der Waals surface area (Å²) in [5, 5.41) is 10.4. The summed E-state index contributed by atoms with van der Waals surface area (Å²) in [5.41, 5.74) is 1.53. The van der Waals surface area contributed by atoms with Crippen LogP contribution in [0.15, 0.2) is 84.1 Å². The number of nitrogens with zero attached hydrogens (tertiary/aromatic N) is 2. The van der Waals surface area contributed by atoms with Crippen LogP contribution in [0.4, 0.5) is 0 Å². The van der Waals surface area contributed by atoms with Gasteiger partial charge in [-0.1, -0.05) is 30.9 Å². The summed E-state index contributed by atoms with van der Waals surface area (Å²) >= 11 is 0. The maximum absolute atomic E-state index is 13.2. The number of aliphatic hydroxyl groups is 1. The van der Waals surface area contributed by atoms with E-state index >= 15 is 0 Å². The lowest BCUT2D eigenvalue weighted by molar-refractivity contribution is -0.160. The van der Waals surface area contributed by atoms with Crippen LogP contribution in [-0.2, 0) is 29.0 Å². The monoisotopic (exact) mass is 598 g/mol. The second-order valence-corrected chi connectivity index (χ2v) is 11.4. The van der Waals surface area contributed by atoms with Crippen LogP contribution in [0.3, 0.4) is 0 Å². The molecule has 0 radical (unpaired) electrons. The van der Waals surface area contributed by atoms with Gasteiger partial charge in [0.1, 0.15) is 12.4 Å². The molecule has 0 saturated carbocycles. The number of hydrogen-bond acceptors (Lipinski definition) is 9. The number of carbonyl (C=O) groups excluding carboxylic acids is 2. The van der Waals surface area contributed by atoms with Crippen molar-refractivity contribution in [2.45, 2.75) is 30.4 Å². The van der Waals surface area contributed by atoms with Crippen LogP contribution in [0.2, 0.25) is 0 Å². The van der Waals surface area contributed by atoms with Crippen molar-refractivity contribution in [3.8, 4) is 5.75 Å². The highest BCUT2D eigenvalue weighted by Gasteiger charge is 2.32. The van der Waals surface area contributed by atoms with E-state index in [0.717, 1.165) is 20.8 Å². The van der Waals surface area contributed by atoms with Crippen LogP contribution >= 0.6 is 0 Å². The number of rotatable bonds is 13. The Hall–Kier alpha value is -3.97. The molecule has 1 aliphatic rings. The Labute approximate surface area is 244 Å². The van der Waals surface area contributed by atoms with Crippen molar-refractivity contribution in [3.05, 3.63) is 84.8 Å². The minimum absolute atomic E-state index is 0.0152. The molecule has 0 bridgehead atoms. The fourth-order valence-electron chi connectivity index (χ4n) is 4.74. The first-order valence-electron chi connectivity index (χ1n) is 13.3. The van der Waals surface area contributed by atoms with E-state index < -0.39 is 22.3 Å². The van der Waals surface area contributed by atoms with Crippen LogP contribution in [-0.4, -0.2) is 80.6 Å². The Morgan fingerprint density at radius 3 is 2.57 bits per heavy atom. The summed E-state index contributed by atoms with van der Waals surface area (Å²) in [7, 11) is -2.46. The number of hydrogen-bond donors (Lipinski definition) is 1. The molecule has 0 amide bonds. The molecule has 0 spiro atoms. The first-order valence-corrected chi connectivity index (χ1v) is 14.8. The molecule has 1 aromatic heterocycles. The smallest absolute Gasteiger partial charge is 0.373 e. The molecule has 4 rings (SSSR count). The maximum atomic E-state index is 13.2. The minimum atomic E-state index is -3.94. The number of para-hydroxylation sites is 1. The van der Waals surface area contributed by atoms with Crippen molar-refractivity contribution in [1.29, 1.82) is 0 Å². The zero-order valence-corrected chi connectivity index (χ0v) is 24.3. The van der Waals surface area contributed by atoms with Crippen LogP contribution in [0, 0.1) is 0 Å². The van der Waals surface area contributed by atoms with E-state index in [9.17, 15) is 23.1 Å². The summed E-state index contributed by atoms with van der Waals surface area (Å²) in [6.45, 7) is 4.31. The van der Waals surface area contributed by atoms with E-state index in [1.165, 1.54) is 32.2 Å². The second-order valence-electron chi connectivity index (χ2n) is 9.47. The van der Waals surface area contributed by atoms with Crippen molar-refractivity contribution < 1.29 is 42.1 Å². The standard InChI is InChI=1S/C30H34N2O9S/c1-4-16-40-30(35)28-18-22(26-20-32(21(2)34)27-8-6-5-7-25(26)27)19-29(41-28)39-17-14-31(13-15-33)42(36,37)24-11-9-23(38-3)10-12-24/h4-12,18,20,22,29,33H,1,13-17,19H2,2-3H3. The zero-order valence-electron chi connectivity index (χ0n) is 23.5. The Morgan fingerprint density at radius 1 is 1.17 bits per heavy atom. The molecule has 2 unspecified atom stereocenters. The zero-order chi connectivity index (χ0) is 30.3. The highest BCUT2D eigenvalue weighted by Crippen LogP contribution is 2.36. The van der Waals surface area contributed by atoms with Gasteiger partial charge in [0.2, 0.25) is 28.0 Å². The third-order valence-corrected chi connectivity index (χ3v) is 8.68. The van der Waals surface area contributed by atoms with Gasteiger partial charge < -0.3 is 24.1 Å². The second kappa shape index (κ2) is 13.8. The molecule has 12 heteroatoms. The molecule has 2 atom stereocenters. The lowest BCUT2D eigenvalue weighted by Crippen LogP contribution is -2.37. The summed E-state index contributed by atoms with van der Waals surface area (Å²) in [6.07, 6.45) is 4.18. The van der Waals surface area contributed by atoms with Gasteiger partial charge in [-0.2, -0.15) is 4.31 Å². The predicted molar refractivity (Wildman–Crippen MR) is 154 cm³/mol. The molecule has 0 aliphatic carbocycles. The van der Waals surface area contributed by atoms with Gasteiger partial charge in [-0.25, -0.2) is 13.2 Å². The largest absolute Gasteiger partial charge is 0.497 e. The van der Waals surface area contributed by atoms with E-state index in [2.05, 4.69) is 6.58 Å². The summed E-state index contributed by atoms with van der Waals surface area (Å²) in [4.78, 5) is 25.1. The normalized spacial score (nSPS) is 17.0. The number of carbonyl (C=O) groups is 2. The molecule has 3 aromatic rings. The topological polar surface area (TPSA) is 134 Å². The Bertz CT molecular complexity index is 1560. The van der Waals surface area contributed by atoms with Crippen molar-refractivity contribution >= 4 is 32.8 Å². The van der Waals surface area contributed by atoms with Crippen LogP contribution < -0.4 is 4.74 Å². The molecule has 42 heavy (non-hydrogen) atoms. The number of benzene rings is 2. The van der Waals surface area contributed by atoms with Gasteiger partial charge in [-0.05, 0) is 42.0 Å². The van der Waals surface area contributed by atoms with Gasteiger partial charge in [0.15, 0.2) is 0 Å². The quantitative estimate of drug-likeness (QED) is 0.232. The number of sulfonamides is 1. The molecule has 224 valence electrons. The van der Waals surface area contributed by atoms with Gasteiger partial charge in [0.25, 0.3) is 0 Å². The SMILES string of the molecule is C=CCOC(=O)C1=CC(c2cn(C(C)=O)c3ccccc23)CC(OCCN(CCO)S(=O)(=O)c2ccc(OC)cc2)O1. The van der Waals surface area contributed by atoms with E-state index in [0.29, 0.717) is 5.75 Å². The van der Waals surface area contributed by atoms with Crippen molar-refractivity contribution in [1.82, 2.24) is 8.87 Å². The number of aromatic nitrogens is 1. The fraction of sp³-hybridized carbons (Fsp3) is 0.333. The third-order valence-electron chi connectivity index (χ3n) is 6.76. The van der Waals surface area contributed by atoms with E-state index in [-0.39, 0.29) is 61.8 Å². The number of aliphatic hydroxyl groups excluding tert-OH is 1. The van der Waals surface area contributed by atoms with E-state index in [1.54, 1.807) is 29.0 Å². The Kier molecular flexibility index (Phi) is 10.2. The van der Waals surface area contributed by atoms with E-state index in [4.69, 9.17) is 18.9 Å². The molecule has 0 saturated heterocycles. The maximum Gasteiger partial charge on any atom is 0.373 e. The molecule has 0 fully saturated rings. The molecule has 1 N–H and O–H groups in total. The van der Waals surface area contributed by atoms with Crippen LogP contribution in [0.5, 0.6) is 5.75 Å². The van der Waals surface area contributed by atoms with Crippen molar-refractivity contribution in [2.24, 2.45) is 0 Å². The van der Waals surface area contributed by atoms with Gasteiger partial charge in [0, 0.05) is 43.9 Å². The number of methoxy groups -OCH3 is 1. The number of esters is 1. The lowest BCUT2D eigenvalue weighted by Gasteiger charge is -2.29. The van der Waals surface area contributed by atoms with Crippen LogP contribution in [0.25, 0.3) is 10.9 Å². The van der Waals surface area contributed by atoms with Gasteiger partial charge in [-0.15, -0.1) is 0 Å². The molecule has 11 nitrogen and oxygen atoms in total. The van der Waals surface area contributed by atoms with Crippen molar-refractivity contribution in [2.75, 3.05) is 40.0 Å². The van der Waals surface area contributed by atoms with Gasteiger partial charge in [-0.3, -0.25) is 9.36 Å². The van der Waals surface area contributed by atoms with Crippen molar-refractivity contribution in [3.63, 3.8) is 0 Å². The molecular formula is C30H34N2O9S. The summed E-state index contributed by atoms with van der Waals surface area (Å²) < 4.78 is 51.2. The average Bonchev–Trinajstić information content (AvgIpc) is 3.39. The van der Waals surface area contributed by atoms with Crippen LogP contribution in [0.1, 0.15) is 29.6 Å². The van der Waals surface area contributed by atoms with Gasteiger partial charge in [0.05, 0.1) is 30.7 Å². The lowest BCUT2D eigenvalue weighted by atomic mass is 9.92. The predicted octanol–water partition coefficient (Wildman–Crippen LogP) is 3.45.